The van der Waals surface area contributed by atoms with Crippen LogP contribution >= 0.6 is 23.2 Å². The Labute approximate surface area is 397 Å². The maximum Gasteiger partial charge on any atom is 0.255 e. The van der Waals surface area contributed by atoms with Gasteiger partial charge in [0.25, 0.3) is 11.8 Å². The molecule has 4 aromatic rings. The summed E-state index contributed by atoms with van der Waals surface area (Å²) >= 11 is 12.8. The van der Waals surface area contributed by atoms with Gasteiger partial charge in [0, 0.05) is 95.4 Å². The third-order valence-corrected chi connectivity index (χ3v) is 15.5. The van der Waals surface area contributed by atoms with Gasteiger partial charge in [0.2, 0.25) is 23.6 Å². The van der Waals surface area contributed by atoms with Crippen LogP contribution in [-0.2, 0) is 31.1 Å². The molecule has 2 spiro atoms. The van der Waals surface area contributed by atoms with Gasteiger partial charge in [0.15, 0.2) is 0 Å². The van der Waals surface area contributed by atoms with E-state index in [1.54, 1.807) is 59.5 Å². The van der Waals surface area contributed by atoms with Gasteiger partial charge < -0.3 is 31.1 Å². The third-order valence-electron chi connectivity index (χ3n) is 15.0. The number of rotatable bonds is 10. The van der Waals surface area contributed by atoms with Gasteiger partial charge in [-0.3, -0.25) is 39.4 Å². The van der Waals surface area contributed by atoms with Gasteiger partial charge in [-0.2, -0.15) is 0 Å². The maximum absolute atomic E-state index is 16.3. The Hall–Kier alpha value is -5.87. The van der Waals surface area contributed by atoms with E-state index < -0.39 is 46.6 Å². The maximum atomic E-state index is 16.3. The number of benzene rings is 4. The molecule has 1 aliphatic carbocycles. The quantitative estimate of drug-likeness (QED) is 0.0970. The van der Waals surface area contributed by atoms with Crippen molar-refractivity contribution < 1.29 is 33.2 Å². The topological polar surface area (TPSA) is 181 Å². The van der Waals surface area contributed by atoms with Gasteiger partial charge in [-0.25, -0.2) is 4.39 Å². The van der Waals surface area contributed by atoms with Gasteiger partial charge in [-0.15, -0.1) is 0 Å². The lowest BCUT2D eigenvalue weighted by molar-refractivity contribution is -0.137. The van der Waals surface area contributed by atoms with E-state index in [0.717, 1.165) is 56.4 Å². The van der Waals surface area contributed by atoms with Crippen LogP contribution in [0, 0.1) is 5.82 Å². The molecule has 6 N–H and O–H groups in total. The average Bonchev–Trinajstić information content (AvgIpc) is 3.92. The number of nitrogens with one attached hydrogen (secondary N) is 6. The van der Waals surface area contributed by atoms with Crippen molar-refractivity contribution in [2.75, 3.05) is 42.1 Å². The molecule has 0 bridgehead atoms. The first-order valence-electron chi connectivity index (χ1n) is 23.1. The van der Waals surface area contributed by atoms with Crippen molar-refractivity contribution in [2.45, 2.75) is 99.3 Å². The van der Waals surface area contributed by atoms with Crippen LogP contribution in [0.25, 0.3) is 0 Å². The molecule has 67 heavy (non-hydrogen) atoms. The van der Waals surface area contributed by atoms with Crippen LogP contribution in [0.15, 0.2) is 78.9 Å². The van der Waals surface area contributed by atoms with E-state index in [-0.39, 0.29) is 46.7 Å². The molecular formula is C50H51Cl2FN8O6. The van der Waals surface area contributed by atoms with Crippen LogP contribution in [0.2, 0.25) is 10.0 Å². The van der Waals surface area contributed by atoms with Gasteiger partial charge in [-0.05, 0) is 97.8 Å². The molecule has 5 aliphatic heterocycles. The van der Waals surface area contributed by atoms with E-state index in [4.69, 9.17) is 23.2 Å². The molecule has 4 atom stereocenters. The molecule has 17 heteroatoms. The molecule has 348 valence electrons. The number of anilines is 3. The monoisotopic (exact) mass is 948 g/mol. The fourth-order valence-corrected chi connectivity index (χ4v) is 12.2. The molecule has 4 aromatic carbocycles. The second kappa shape index (κ2) is 18.0. The highest BCUT2D eigenvalue weighted by Crippen LogP contribution is 2.63. The van der Waals surface area contributed by atoms with Crippen LogP contribution in [0.3, 0.4) is 0 Å². The average molecular weight is 950 g/mol. The molecule has 0 radical (unpaired) electrons. The normalized spacial score (nSPS) is 24.6. The number of hydrogen-bond donors (Lipinski definition) is 6. The first kappa shape index (κ1) is 44.9. The van der Waals surface area contributed by atoms with Crippen molar-refractivity contribution in [3.05, 3.63) is 123 Å². The van der Waals surface area contributed by atoms with Crippen molar-refractivity contribution in [2.24, 2.45) is 0 Å². The van der Waals surface area contributed by atoms with Crippen molar-refractivity contribution in [1.29, 1.82) is 0 Å². The van der Waals surface area contributed by atoms with E-state index >= 15 is 4.39 Å². The fraction of sp³-hybridized carbons (Fsp3) is 0.400. The molecule has 1 unspecified atom stereocenters. The third kappa shape index (κ3) is 7.92. The molecule has 6 aliphatic rings. The lowest BCUT2D eigenvalue weighted by Crippen LogP contribution is -2.60. The van der Waals surface area contributed by atoms with Gasteiger partial charge in [0.05, 0.1) is 11.1 Å². The summed E-state index contributed by atoms with van der Waals surface area (Å²) in [5, 5.41) is 19.0. The Morgan fingerprint density at radius 1 is 0.866 bits per heavy atom. The largest absolute Gasteiger partial charge is 0.382 e. The second-order valence-corrected chi connectivity index (χ2v) is 19.5. The lowest BCUT2D eigenvalue weighted by Gasteiger charge is -2.47. The highest BCUT2D eigenvalue weighted by atomic mass is 35.5. The number of amides is 6. The molecule has 6 amide bonds. The molecule has 14 nitrogen and oxygen atoms in total. The molecule has 3 saturated heterocycles. The summed E-state index contributed by atoms with van der Waals surface area (Å²) in [6, 6.07) is 20.6. The van der Waals surface area contributed by atoms with Crippen LogP contribution in [0.1, 0.15) is 101 Å². The molecule has 1 saturated carbocycles. The Bertz CT molecular complexity index is 2690. The minimum atomic E-state index is -1.36. The van der Waals surface area contributed by atoms with Crippen molar-refractivity contribution in [3.63, 3.8) is 0 Å². The van der Waals surface area contributed by atoms with Crippen molar-refractivity contribution in [1.82, 2.24) is 25.8 Å². The number of carbonyl (C=O) groups excluding carboxylic acids is 6. The Morgan fingerprint density at radius 3 is 2.39 bits per heavy atom. The number of carbonyl (C=O) groups is 6. The minimum Gasteiger partial charge on any atom is -0.382 e. The fourth-order valence-electron chi connectivity index (χ4n) is 11.8. The van der Waals surface area contributed by atoms with Gasteiger partial charge >= 0.3 is 0 Å². The summed E-state index contributed by atoms with van der Waals surface area (Å²) in [5.74, 6) is -3.62. The van der Waals surface area contributed by atoms with E-state index in [1.807, 2.05) is 18.2 Å². The number of hydrogen-bond acceptors (Lipinski definition) is 9. The van der Waals surface area contributed by atoms with Gasteiger partial charge in [-0.1, -0.05) is 66.7 Å². The van der Waals surface area contributed by atoms with Crippen molar-refractivity contribution >= 4 is 75.7 Å². The van der Waals surface area contributed by atoms with E-state index in [0.29, 0.717) is 72.0 Å². The number of nitrogens with zero attached hydrogens (tertiary/aromatic N) is 2. The highest BCUT2D eigenvalue weighted by molar-refractivity contribution is 6.31. The Balaban J connectivity index is 0.759. The first-order valence-corrected chi connectivity index (χ1v) is 23.9. The number of imide groups is 1. The van der Waals surface area contributed by atoms with E-state index in [2.05, 4.69) is 36.8 Å². The van der Waals surface area contributed by atoms with Crippen LogP contribution in [0.5, 0.6) is 0 Å². The predicted molar refractivity (Wildman–Crippen MR) is 252 cm³/mol. The lowest BCUT2D eigenvalue weighted by atomic mass is 9.55. The number of fused-ring (bicyclic) bond motifs is 4. The summed E-state index contributed by atoms with van der Waals surface area (Å²) in [5.41, 5.74) is 2.31. The predicted octanol–water partition coefficient (Wildman–Crippen LogP) is 6.49. The number of halogens is 3. The zero-order valence-corrected chi connectivity index (χ0v) is 38.2. The molecule has 5 heterocycles. The van der Waals surface area contributed by atoms with Crippen LogP contribution < -0.4 is 31.9 Å². The number of piperidine rings is 2. The number of likely N-dealkylation sites (tertiary alicyclic amines) is 1. The molecule has 10 rings (SSSR count). The SMILES string of the molecule is O=C1CCC(N2Cc3c(NC4CCN(CCNC(=O)c5ccc(NC(=O)[C@@H]6NC7(CCCCC7)[C@@]7(C(=O)Nc8cc(Cl)ccc87)[C@H]6c6cccc(Cl)c6F)cc5)CC4)cccc3C2=O)C(=O)N1. The summed E-state index contributed by atoms with van der Waals surface area (Å²) in [6.07, 6.45) is 6.04. The summed E-state index contributed by atoms with van der Waals surface area (Å²) in [6.45, 7) is 3.02. The highest BCUT2D eigenvalue weighted by Gasteiger charge is 2.72. The van der Waals surface area contributed by atoms with Crippen LogP contribution in [0.4, 0.5) is 21.5 Å². The van der Waals surface area contributed by atoms with E-state index in [9.17, 15) is 28.8 Å². The zero-order valence-electron chi connectivity index (χ0n) is 36.7. The smallest absolute Gasteiger partial charge is 0.255 e. The zero-order chi connectivity index (χ0) is 46.6. The molecular weight excluding hydrogens is 899 g/mol. The van der Waals surface area contributed by atoms with Gasteiger partial charge in [0.1, 0.15) is 17.3 Å². The summed E-state index contributed by atoms with van der Waals surface area (Å²) < 4.78 is 16.3. The molecule has 0 aromatic heterocycles. The van der Waals surface area contributed by atoms with E-state index in [1.165, 1.54) is 6.07 Å². The summed E-state index contributed by atoms with van der Waals surface area (Å²) in [7, 11) is 0. The first-order chi connectivity index (χ1) is 32.4. The Kier molecular flexibility index (Phi) is 12.1. The molecule has 4 fully saturated rings. The van der Waals surface area contributed by atoms with Crippen molar-refractivity contribution in [3.8, 4) is 0 Å². The second-order valence-electron chi connectivity index (χ2n) is 18.7. The van der Waals surface area contributed by atoms with Crippen LogP contribution in [-0.4, -0.2) is 95.1 Å². The Morgan fingerprint density at radius 2 is 1.63 bits per heavy atom. The minimum absolute atomic E-state index is 0.104. The standard InChI is InChI=1S/C50H51Cl2FN8O6/c51-29-12-15-35-38(26-29)57-48(67)50(35)41(33-7-4-8-36(52)42(33)53)43(59-49(50)20-2-1-3-21-49)46(65)56-30-13-10-28(11-14-30)44(63)54-22-25-60-23-18-31(19-24-60)55-37-9-5-6-32-34(37)27-61(47(32)66)39-16-17-40(62)58-45(39)64/h4-15,26,31,39,41,43,55,59H,1-3,16-25,27H2,(H,54,63)(H,56,65)(H,57,67)(H,58,62,64)/t39?,41-,43+,50+/m0/s1. The summed E-state index contributed by atoms with van der Waals surface area (Å²) in [4.78, 5) is 83.9.